The standard InChI is InChI=1S/C11H13Cl3O3S/c1-2-3-4-5-17-10-6-9(13)11(7-8(10)12)18(14,15)16/h6-7H,2-5H2,1H3. The van der Waals surface area contributed by atoms with Crippen LogP contribution in [0.1, 0.15) is 26.2 Å². The molecule has 0 radical (unpaired) electrons. The number of unbranched alkanes of at least 4 members (excludes halogenated alkanes) is 2. The largest absolute Gasteiger partial charge is 0.492 e. The Bertz CT molecular complexity index is 515. The van der Waals surface area contributed by atoms with Crippen molar-refractivity contribution >= 4 is 42.9 Å². The highest BCUT2D eigenvalue weighted by Gasteiger charge is 2.18. The van der Waals surface area contributed by atoms with Gasteiger partial charge in [-0.2, -0.15) is 0 Å². The van der Waals surface area contributed by atoms with Crippen molar-refractivity contribution in [1.29, 1.82) is 0 Å². The summed E-state index contributed by atoms with van der Waals surface area (Å²) in [5.74, 6) is 0.363. The maximum absolute atomic E-state index is 11.2. The minimum Gasteiger partial charge on any atom is -0.492 e. The van der Waals surface area contributed by atoms with Crippen LogP contribution in [0.5, 0.6) is 5.75 Å². The van der Waals surface area contributed by atoms with E-state index in [4.69, 9.17) is 38.6 Å². The van der Waals surface area contributed by atoms with Crippen molar-refractivity contribution in [3.8, 4) is 5.75 Å². The van der Waals surface area contributed by atoms with E-state index in [2.05, 4.69) is 6.92 Å². The van der Waals surface area contributed by atoms with Crippen molar-refractivity contribution < 1.29 is 13.2 Å². The van der Waals surface area contributed by atoms with Gasteiger partial charge in [0.1, 0.15) is 10.6 Å². The molecule has 0 aromatic heterocycles. The fourth-order valence-corrected chi connectivity index (χ4v) is 3.14. The molecule has 1 aromatic rings. The Morgan fingerprint density at radius 3 is 2.39 bits per heavy atom. The SMILES string of the molecule is CCCCCOc1cc(Cl)c(S(=O)(=O)Cl)cc1Cl. The van der Waals surface area contributed by atoms with Gasteiger partial charge in [0.2, 0.25) is 0 Å². The maximum Gasteiger partial charge on any atom is 0.262 e. The van der Waals surface area contributed by atoms with E-state index >= 15 is 0 Å². The second kappa shape index (κ2) is 6.85. The van der Waals surface area contributed by atoms with Crippen LogP contribution in [-0.4, -0.2) is 15.0 Å². The minimum absolute atomic E-state index is 0.000100. The zero-order valence-electron chi connectivity index (χ0n) is 9.75. The second-order valence-corrected chi connectivity index (χ2v) is 7.06. The number of hydrogen-bond donors (Lipinski definition) is 0. The maximum atomic E-state index is 11.2. The Morgan fingerprint density at radius 1 is 1.17 bits per heavy atom. The van der Waals surface area contributed by atoms with E-state index in [-0.39, 0.29) is 14.9 Å². The van der Waals surface area contributed by atoms with E-state index in [9.17, 15) is 8.42 Å². The molecule has 0 atom stereocenters. The fraction of sp³-hybridized carbons (Fsp3) is 0.455. The van der Waals surface area contributed by atoms with Crippen molar-refractivity contribution in [3.05, 3.63) is 22.2 Å². The van der Waals surface area contributed by atoms with Gasteiger partial charge in [-0.25, -0.2) is 8.42 Å². The van der Waals surface area contributed by atoms with Gasteiger partial charge in [-0.15, -0.1) is 0 Å². The van der Waals surface area contributed by atoms with Gasteiger partial charge in [0.05, 0.1) is 16.7 Å². The molecule has 1 aromatic carbocycles. The van der Waals surface area contributed by atoms with Crippen LogP contribution in [-0.2, 0) is 9.05 Å². The fourth-order valence-electron chi connectivity index (χ4n) is 1.34. The van der Waals surface area contributed by atoms with E-state index in [0.29, 0.717) is 12.4 Å². The lowest BCUT2D eigenvalue weighted by molar-refractivity contribution is 0.306. The summed E-state index contributed by atoms with van der Waals surface area (Å²) < 4.78 is 27.8. The normalized spacial score (nSPS) is 11.6. The lowest BCUT2D eigenvalue weighted by atomic mass is 10.3. The molecule has 102 valence electrons. The highest BCUT2D eigenvalue weighted by Crippen LogP contribution is 2.35. The van der Waals surface area contributed by atoms with E-state index in [1.807, 2.05) is 0 Å². The van der Waals surface area contributed by atoms with Crippen LogP contribution in [0.2, 0.25) is 10.0 Å². The van der Waals surface area contributed by atoms with Crippen LogP contribution < -0.4 is 4.74 Å². The molecule has 18 heavy (non-hydrogen) atoms. The third kappa shape index (κ3) is 4.50. The number of benzene rings is 1. The van der Waals surface area contributed by atoms with Gasteiger partial charge >= 0.3 is 0 Å². The van der Waals surface area contributed by atoms with Gasteiger partial charge in [0, 0.05) is 16.7 Å². The molecule has 0 saturated heterocycles. The molecule has 0 amide bonds. The molecule has 0 aliphatic carbocycles. The summed E-state index contributed by atoms with van der Waals surface area (Å²) in [7, 11) is 1.32. The van der Waals surface area contributed by atoms with Crippen LogP contribution in [0, 0.1) is 0 Å². The van der Waals surface area contributed by atoms with Crippen molar-refractivity contribution in [2.75, 3.05) is 6.61 Å². The number of ether oxygens (including phenoxy) is 1. The number of hydrogen-bond acceptors (Lipinski definition) is 3. The highest BCUT2D eigenvalue weighted by molar-refractivity contribution is 8.13. The summed E-state index contributed by atoms with van der Waals surface area (Å²) in [4.78, 5) is -0.211. The van der Waals surface area contributed by atoms with E-state index < -0.39 is 9.05 Å². The first kappa shape index (κ1) is 15.9. The van der Waals surface area contributed by atoms with Gasteiger partial charge in [-0.05, 0) is 12.5 Å². The van der Waals surface area contributed by atoms with Crippen molar-refractivity contribution in [1.82, 2.24) is 0 Å². The molecule has 0 N–H and O–H groups in total. The molecule has 0 aliphatic rings. The van der Waals surface area contributed by atoms with Crippen LogP contribution in [0.25, 0.3) is 0 Å². The Hall–Kier alpha value is -0.160. The molecular weight excluding hydrogens is 319 g/mol. The average molecular weight is 332 g/mol. The van der Waals surface area contributed by atoms with Gasteiger partial charge in [-0.3, -0.25) is 0 Å². The predicted molar refractivity (Wildman–Crippen MR) is 74.5 cm³/mol. The molecule has 0 aliphatic heterocycles. The lowest BCUT2D eigenvalue weighted by Gasteiger charge is -2.09. The number of rotatable bonds is 6. The van der Waals surface area contributed by atoms with Crippen LogP contribution in [0.3, 0.4) is 0 Å². The molecule has 1 rings (SSSR count). The summed E-state index contributed by atoms with van der Waals surface area (Å²) in [6.45, 7) is 2.60. The van der Waals surface area contributed by atoms with E-state index in [0.717, 1.165) is 19.3 Å². The monoisotopic (exact) mass is 330 g/mol. The molecule has 0 saturated carbocycles. The van der Waals surface area contributed by atoms with E-state index in [1.165, 1.54) is 12.1 Å². The van der Waals surface area contributed by atoms with Crippen LogP contribution in [0.15, 0.2) is 17.0 Å². The molecule has 0 heterocycles. The van der Waals surface area contributed by atoms with Gasteiger partial charge < -0.3 is 4.74 Å². The summed E-state index contributed by atoms with van der Waals surface area (Å²) in [6, 6.07) is 2.56. The Balaban J connectivity index is 2.87. The third-order valence-corrected chi connectivity index (χ3v) is 4.34. The average Bonchev–Trinajstić information content (AvgIpc) is 2.27. The molecule has 0 fully saturated rings. The Labute approximate surface area is 121 Å². The zero-order chi connectivity index (χ0) is 13.8. The minimum atomic E-state index is -3.90. The molecular formula is C11H13Cl3O3S. The smallest absolute Gasteiger partial charge is 0.262 e. The molecule has 0 spiro atoms. The van der Waals surface area contributed by atoms with Gasteiger partial charge in [0.15, 0.2) is 0 Å². The summed E-state index contributed by atoms with van der Waals surface area (Å²) in [6.07, 6.45) is 3.04. The van der Waals surface area contributed by atoms with Crippen molar-refractivity contribution in [3.63, 3.8) is 0 Å². The van der Waals surface area contributed by atoms with Gasteiger partial charge in [-0.1, -0.05) is 43.0 Å². The van der Waals surface area contributed by atoms with Crippen LogP contribution >= 0.6 is 33.9 Å². The summed E-state index contributed by atoms with van der Waals surface area (Å²) in [5, 5.41) is 0.176. The van der Waals surface area contributed by atoms with Crippen LogP contribution in [0.4, 0.5) is 0 Å². The van der Waals surface area contributed by atoms with Crippen molar-refractivity contribution in [2.45, 2.75) is 31.1 Å². The zero-order valence-corrected chi connectivity index (χ0v) is 12.8. The topological polar surface area (TPSA) is 43.4 Å². The number of halogens is 3. The highest BCUT2D eigenvalue weighted by atomic mass is 35.7. The third-order valence-electron chi connectivity index (χ3n) is 2.25. The predicted octanol–water partition coefficient (Wildman–Crippen LogP) is 4.49. The lowest BCUT2D eigenvalue weighted by Crippen LogP contribution is -1.99. The van der Waals surface area contributed by atoms with Gasteiger partial charge in [0.25, 0.3) is 9.05 Å². The molecule has 7 heteroatoms. The second-order valence-electron chi connectivity index (χ2n) is 3.71. The molecule has 0 unspecified atom stereocenters. The first-order valence-electron chi connectivity index (χ1n) is 5.42. The summed E-state index contributed by atoms with van der Waals surface area (Å²) >= 11 is 11.7. The van der Waals surface area contributed by atoms with E-state index in [1.54, 1.807) is 0 Å². The Morgan fingerprint density at radius 2 is 1.83 bits per heavy atom. The molecule has 3 nitrogen and oxygen atoms in total. The first-order valence-corrected chi connectivity index (χ1v) is 8.49. The first-order chi connectivity index (χ1) is 8.36. The molecule has 0 bridgehead atoms. The van der Waals surface area contributed by atoms with Crippen molar-refractivity contribution in [2.24, 2.45) is 0 Å². The summed E-state index contributed by atoms with van der Waals surface area (Å²) in [5.41, 5.74) is 0. The Kier molecular flexibility index (Phi) is 6.05. The quantitative estimate of drug-likeness (QED) is 0.570.